The van der Waals surface area contributed by atoms with Crippen molar-refractivity contribution in [3.8, 4) is 0 Å². The molecule has 0 aromatic carbocycles. The summed E-state index contributed by atoms with van der Waals surface area (Å²) in [5.41, 5.74) is 7.02. The van der Waals surface area contributed by atoms with Crippen LogP contribution in [-0.2, 0) is 0 Å². The van der Waals surface area contributed by atoms with Crippen molar-refractivity contribution in [2.24, 2.45) is 11.7 Å². The van der Waals surface area contributed by atoms with Gasteiger partial charge in [-0.1, -0.05) is 18.9 Å². The first kappa shape index (κ1) is 12.0. The van der Waals surface area contributed by atoms with Crippen molar-refractivity contribution in [2.45, 2.75) is 25.3 Å². The molecule has 14 heavy (non-hydrogen) atoms. The standard InChI is InChI=1S/C10H13BrN2.ClH/c11-10-3-1-2-9(13-10)8(12)6-7-4-5-7;/h1-3,7-8H,4-6,12H2;1H/t8-;/m1./s1. The van der Waals surface area contributed by atoms with E-state index < -0.39 is 0 Å². The van der Waals surface area contributed by atoms with Crippen molar-refractivity contribution in [1.29, 1.82) is 0 Å². The van der Waals surface area contributed by atoms with Crippen LogP contribution in [0.25, 0.3) is 0 Å². The Kier molecular flexibility index (Phi) is 4.35. The van der Waals surface area contributed by atoms with Crippen LogP contribution in [0, 0.1) is 5.92 Å². The quantitative estimate of drug-likeness (QED) is 0.863. The number of aromatic nitrogens is 1. The number of rotatable bonds is 3. The zero-order chi connectivity index (χ0) is 9.26. The van der Waals surface area contributed by atoms with E-state index in [1.165, 1.54) is 12.8 Å². The van der Waals surface area contributed by atoms with Gasteiger partial charge in [0.1, 0.15) is 4.60 Å². The van der Waals surface area contributed by atoms with E-state index in [1.54, 1.807) is 0 Å². The molecule has 2 rings (SSSR count). The Balaban J connectivity index is 0.000000980. The van der Waals surface area contributed by atoms with Crippen molar-refractivity contribution < 1.29 is 0 Å². The summed E-state index contributed by atoms with van der Waals surface area (Å²) in [6.45, 7) is 0. The number of pyridine rings is 1. The molecule has 0 aliphatic heterocycles. The summed E-state index contributed by atoms with van der Waals surface area (Å²) in [6.07, 6.45) is 3.78. The van der Waals surface area contributed by atoms with Crippen LogP contribution in [0.1, 0.15) is 31.0 Å². The van der Waals surface area contributed by atoms with Gasteiger partial charge in [-0.2, -0.15) is 0 Å². The average molecular weight is 278 g/mol. The minimum absolute atomic E-state index is 0. The molecular weight excluding hydrogens is 263 g/mol. The van der Waals surface area contributed by atoms with Crippen LogP contribution in [0.4, 0.5) is 0 Å². The molecule has 1 heterocycles. The summed E-state index contributed by atoms with van der Waals surface area (Å²) in [5, 5.41) is 0. The van der Waals surface area contributed by atoms with Crippen molar-refractivity contribution in [3.05, 3.63) is 28.5 Å². The molecule has 1 aromatic rings. The van der Waals surface area contributed by atoms with Crippen molar-refractivity contribution >= 4 is 28.3 Å². The van der Waals surface area contributed by atoms with Gasteiger partial charge in [0, 0.05) is 6.04 Å². The molecule has 0 spiro atoms. The van der Waals surface area contributed by atoms with Gasteiger partial charge in [-0.25, -0.2) is 4.98 Å². The van der Waals surface area contributed by atoms with E-state index in [2.05, 4.69) is 20.9 Å². The van der Waals surface area contributed by atoms with E-state index in [9.17, 15) is 0 Å². The number of hydrogen-bond donors (Lipinski definition) is 1. The lowest BCUT2D eigenvalue weighted by Gasteiger charge is -2.09. The lowest BCUT2D eigenvalue weighted by molar-refractivity contribution is 0.582. The monoisotopic (exact) mass is 276 g/mol. The highest BCUT2D eigenvalue weighted by atomic mass is 79.9. The van der Waals surface area contributed by atoms with Gasteiger partial charge in [0.25, 0.3) is 0 Å². The minimum Gasteiger partial charge on any atom is -0.323 e. The maximum absolute atomic E-state index is 6.02. The molecule has 2 N–H and O–H groups in total. The van der Waals surface area contributed by atoms with Crippen LogP contribution in [0.2, 0.25) is 0 Å². The molecule has 0 bridgehead atoms. The first-order valence-electron chi connectivity index (χ1n) is 4.64. The van der Waals surface area contributed by atoms with Crippen LogP contribution in [-0.4, -0.2) is 4.98 Å². The van der Waals surface area contributed by atoms with Crippen LogP contribution in [0.3, 0.4) is 0 Å². The van der Waals surface area contributed by atoms with Crippen LogP contribution in [0.15, 0.2) is 22.8 Å². The summed E-state index contributed by atoms with van der Waals surface area (Å²) >= 11 is 3.35. The summed E-state index contributed by atoms with van der Waals surface area (Å²) < 4.78 is 0.872. The van der Waals surface area contributed by atoms with E-state index >= 15 is 0 Å². The highest BCUT2D eigenvalue weighted by molar-refractivity contribution is 9.10. The third kappa shape index (κ3) is 3.23. The maximum atomic E-state index is 6.02. The van der Waals surface area contributed by atoms with Crippen molar-refractivity contribution in [2.75, 3.05) is 0 Å². The van der Waals surface area contributed by atoms with E-state index in [0.717, 1.165) is 22.6 Å². The molecule has 0 radical (unpaired) electrons. The highest BCUT2D eigenvalue weighted by Gasteiger charge is 2.24. The molecule has 1 atom stereocenters. The number of hydrogen-bond acceptors (Lipinski definition) is 2. The lowest BCUT2D eigenvalue weighted by atomic mass is 10.1. The van der Waals surface area contributed by atoms with Crippen LogP contribution >= 0.6 is 28.3 Å². The molecular formula is C10H14BrClN2. The molecule has 0 saturated heterocycles. The zero-order valence-electron chi connectivity index (χ0n) is 7.82. The fourth-order valence-electron chi connectivity index (χ4n) is 1.46. The summed E-state index contributed by atoms with van der Waals surface area (Å²) in [7, 11) is 0. The summed E-state index contributed by atoms with van der Waals surface area (Å²) in [6, 6.07) is 6.02. The van der Waals surface area contributed by atoms with Gasteiger partial charge >= 0.3 is 0 Å². The number of halogens is 2. The topological polar surface area (TPSA) is 38.9 Å². The Morgan fingerprint density at radius 3 is 2.79 bits per heavy atom. The number of nitrogens with zero attached hydrogens (tertiary/aromatic N) is 1. The fraction of sp³-hybridized carbons (Fsp3) is 0.500. The first-order chi connectivity index (χ1) is 6.25. The van der Waals surface area contributed by atoms with Crippen molar-refractivity contribution in [1.82, 2.24) is 4.98 Å². The second-order valence-electron chi connectivity index (χ2n) is 3.67. The Bertz CT molecular complexity index is 302. The second-order valence-corrected chi connectivity index (χ2v) is 4.48. The predicted molar refractivity (Wildman–Crippen MR) is 63.5 cm³/mol. The van der Waals surface area contributed by atoms with Gasteiger partial charge < -0.3 is 5.73 Å². The molecule has 1 aliphatic rings. The normalized spacial score (nSPS) is 17.3. The molecule has 4 heteroatoms. The highest BCUT2D eigenvalue weighted by Crippen LogP contribution is 2.36. The maximum Gasteiger partial charge on any atom is 0.106 e. The average Bonchev–Trinajstić information content (AvgIpc) is 2.88. The molecule has 0 unspecified atom stereocenters. The zero-order valence-corrected chi connectivity index (χ0v) is 10.2. The first-order valence-corrected chi connectivity index (χ1v) is 5.43. The third-order valence-electron chi connectivity index (χ3n) is 2.40. The lowest BCUT2D eigenvalue weighted by Crippen LogP contribution is -2.12. The Hall–Kier alpha value is -0.120. The van der Waals surface area contributed by atoms with Gasteiger partial charge in [-0.15, -0.1) is 12.4 Å². The summed E-state index contributed by atoms with van der Waals surface area (Å²) in [5.74, 6) is 0.857. The second kappa shape index (κ2) is 5.10. The molecule has 1 saturated carbocycles. The van der Waals surface area contributed by atoms with Crippen molar-refractivity contribution in [3.63, 3.8) is 0 Å². The third-order valence-corrected chi connectivity index (χ3v) is 2.84. The molecule has 0 amide bonds. The minimum atomic E-state index is 0. The molecule has 1 fully saturated rings. The Morgan fingerprint density at radius 2 is 2.21 bits per heavy atom. The van der Waals surface area contributed by atoms with E-state index in [4.69, 9.17) is 5.73 Å². The fourth-order valence-corrected chi connectivity index (χ4v) is 1.82. The Morgan fingerprint density at radius 1 is 1.50 bits per heavy atom. The van der Waals surface area contributed by atoms with Crippen LogP contribution in [0.5, 0.6) is 0 Å². The SMILES string of the molecule is Cl.N[C@H](CC1CC1)c1cccc(Br)n1. The van der Waals surface area contributed by atoms with E-state index in [-0.39, 0.29) is 18.4 Å². The van der Waals surface area contributed by atoms with Gasteiger partial charge in [0.15, 0.2) is 0 Å². The molecule has 1 aliphatic carbocycles. The molecule has 78 valence electrons. The number of nitrogens with two attached hydrogens (primary N) is 1. The summed E-state index contributed by atoms with van der Waals surface area (Å²) in [4.78, 5) is 4.35. The Labute approximate surface area is 98.8 Å². The van der Waals surface area contributed by atoms with E-state index in [1.807, 2.05) is 18.2 Å². The smallest absolute Gasteiger partial charge is 0.106 e. The molecule has 2 nitrogen and oxygen atoms in total. The van der Waals surface area contributed by atoms with Gasteiger partial charge in [0.05, 0.1) is 5.69 Å². The molecule has 1 aromatic heterocycles. The van der Waals surface area contributed by atoms with E-state index in [0.29, 0.717) is 0 Å². The van der Waals surface area contributed by atoms with Gasteiger partial charge in [-0.3, -0.25) is 0 Å². The van der Waals surface area contributed by atoms with Crippen LogP contribution < -0.4 is 5.73 Å². The predicted octanol–water partition coefficient (Wildman–Crippen LogP) is 3.07. The largest absolute Gasteiger partial charge is 0.323 e. The van der Waals surface area contributed by atoms with Gasteiger partial charge in [-0.05, 0) is 40.4 Å². The van der Waals surface area contributed by atoms with Gasteiger partial charge in [0.2, 0.25) is 0 Å².